The van der Waals surface area contributed by atoms with E-state index in [-0.39, 0.29) is 4.90 Å². The van der Waals surface area contributed by atoms with Gasteiger partial charge in [0, 0.05) is 23.7 Å². The monoisotopic (exact) mass is 525 g/mol. The fourth-order valence-electron chi connectivity index (χ4n) is 3.85. The molecule has 2 aromatic heterocycles. The smallest absolute Gasteiger partial charge is 0.270 e. The fourth-order valence-corrected chi connectivity index (χ4v) is 6.56. The summed E-state index contributed by atoms with van der Waals surface area (Å²) in [7, 11) is 0.513. The summed E-state index contributed by atoms with van der Waals surface area (Å²) < 4.78 is 28.3. The zero-order chi connectivity index (χ0) is 20.6. The first-order valence-corrected chi connectivity index (χ1v) is 12.2. The number of hydrogen-bond acceptors (Lipinski definition) is 6. The molecule has 154 valence electrons. The highest BCUT2D eigenvalue weighted by atomic mass is 127. The highest BCUT2D eigenvalue weighted by molar-refractivity contribution is 14.1. The first-order chi connectivity index (χ1) is 13.9. The third-order valence-corrected chi connectivity index (χ3v) is 8.34. The van der Waals surface area contributed by atoms with Gasteiger partial charge < -0.3 is 10.2 Å². The van der Waals surface area contributed by atoms with E-state index < -0.39 is 10.0 Å². The van der Waals surface area contributed by atoms with Crippen LogP contribution in [-0.4, -0.2) is 53.4 Å². The van der Waals surface area contributed by atoms with Crippen LogP contribution in [0.5, 0.6) is 0 Å². The van der Waals surface area contributed by atoms with E-state index in [1.165, 1.54) is 3.97 Å². The molecule has 0 saturated heterocycles. The second-order valence-corrected chi connectivity index (χ2v) is 10.5. The molecule has 0 atom stereocenters. The number of benzene rings is 1. The van der Waals surface area contributed by atoms with Gasteiger partial charge in [0.05, 0.1) is 8.60 Å². The van der Waals surface area contributed by atoms with Crippen LogP contribution in [0.25, 0.3) is 11.0 Å². The minimum Gasteiger partial charge on any atom is -0.351 e. The Kier molecular flexibility index (Phi) is 5.80. The van der Waals surface area contributed by atoms with Crippen LogP contribution in [0.15, 0.2) is 47.5 Å². The first-order valence-electron chi connectivity index (χ1n) is 9.64. The molecule has 0 spiro atoms. The van der Waals surface area contributed by atoms with Gasteiger partial charge in [0.15, 0.2) is 5.65 Å². The van der Waals surface area contributed by atoms with Gasteiger partial charge in [-0.3, -0.25) is 0 Å². The van der Waals surface area contributed by atoms with Crippen LogP contribution < -0.4 is 5.32 Å². The molecule has 9 heteroatoms. The van der Waals surface area contributed by atoms with E-state index in [9.17, 15) is 8.42 Å². The van der Waals surface area contributed by atoms with Gasteiger partial charge in [0.2, 0.25) is 5.95 Å². The van der Waals surface area contributed by atoms with Gasteiger partial charge in [0.1, 0.15) is 0 Å². The Balaban J connectivity index is 1.64. The predicted molar refractivity (Wildman–Crippen MR) is 123 cm³/mol. The van der Waals surface area contributed by atoms with Crippen LogP contribution in [0, 0.1) is 3.70 Å². The average Bonchev–Trinajstić information content (AvgIpc) is 3.05. The van der Waals surface area contributed by atoms with Crippen LogP contribution >= 0.6 is 22.6 Å². The minimum atomic E-state index is -3.73. The molecule has 29 heavy (non-hydrogen) atoms. The topological polar surface area (TPSA) is 80.1 Å². The zero-order valence-corrected chi connectivity index (χ0v) is 19.4. The number of rotatable bonds is 5. The van der Waals surface area contributed by atoms with Crippen LogP contribution in [-0.2, 0) is 10.0 Å². The number of aromatic nitrogens is 3. The number of halogens is 1. The van der Waals surface area contributed by atoms with Gasteiger partial charge in [-0.1, -0.05) is 18.2 Å². The highest BCUT2D eigenvalue weighted by Crippen LogP contribution is 2.27. The summed E-state index contributed by atoms with van der Waals surface area (Å²) in [5.74, 6) is 0.477. The molecule has 1 aromatic carbocycles. The lowest BCUT2D eigenvalue weighted by Crippen LogP contribution is -2.36. The van der Waals surface area contributed by atoms with Crippen LogP contribution in [0.3, 0.4) is 0 Å². The molecular formula is C20H24IN5O2S. The number of nitrogens with one attached hydrogen (secondary N) is 1. The SMILES string of the molecule is CN(C)C1CCC(Nc2ncc3cc(I)n(S(=O)(=O)c4ccccc4)c3n2)CC1. The van der Waals surface area contributed by atoms with Crippen molar-refractivity contribution in [2.45, 2.75) is 42.7 Å². The first kappa shape index (κ1) is 20.5. The van der Waals surface area contributed by atoms with Gasteiger partial charge in [0.25, 0.3) is 10.0 Å². The van der Waals surface area contributed by atoms with Crippen molar-refractivity contribution in [3.8, 4) is 0 Å². The lowest BCUT2D eigenvalue weighted by molar-refractivity contribution is 0.221. The molecule has 0 unspecified atom stereocenters. The maximum absolute atomic E-state index is 13.2. The van der Waals surface area contributed by atoms with E-state index in [0.29, 0.717) is 32.8 Å². The van der Waals surface area contributed by atoms with Gasteiger partial charge in [-0.15, -0.1) is 0 Å². The quantitative estimate of drug-likeness (QED) is 0.514. The number of hydrogen-bond donors (Lipinski definition) is 1. The standard InChI is InChI=1S/C20H24IN5O2S/c1-25(2)16-10-8-15(9-11-16)23-20-22-13-14-12-18(21)26(19(14)24-20)29(27,28)17-6-4-3-5-7-17/h3-7,12-13,15-16H,8-11H2,1-2H3,(H,22,23,24). The van der Waals surface area contributed by atoms with Gasteiger partial charge >= 0.3 is 0 Å². The Bertz CT molecular complexity index is 1110. The minimum absolute atomic E-state index is 0.241. The maximum Gasteiger partial charge on any atom is 0.270 e. The Morgan fingerprint density at radius 2 is 1.83 bits per heavy atom. The van der Waals surface area contributed by atoms with Crippen molar-refractivity contribution in [3.05, 3.63) is 46.3 Å². The molecule has 0 amide bonds. The van der Waals surface area contributed by atoms with E-state index >= 15 is 0 Å². The molecule has 1 N–H and O–H groups in total. The third kappa shape index (κ3) is 4.13. The molecule has 1 aliphatic rings. The van der Waals surface area contributed by atoms with E-state index in [0.717, 1.165) is 25.7 Å². The van der Waals surface area contributed by atoms with Crippen molar-refractivity contribution < 1.29 is 8.42 Å². The molecule has 0 radical (unpaired) electrons. The predicted octanol–water partition coefficient (Wildman–Crippen LogP) is 3.56. The molecule has 1 aliphatic carbocycles. The third-order valence-electron chi connectivity index (χ3n) is 5.50. The maximum atomic E-state index is 13.2. The molecule has 1 saturated carbocycles. The molecule has 3 aromatic rings. The largest absolute Gasteiger partial charge is 0.351 e. The summed E-state index contributed by atoms with van der Waals surface area (Å²) in [6.07, 6.45) is 6.04. The Labute approximate surface area is 184 Å². The lowest BCUT2D eigenvalue weighted by Gasteiger charge is -2.32. The fraction of sp³-hybridized carbons (Fsp3) is 0.400. The van der Waals surface area contributed by atoms with Crippen molar-refractivity contribution in [1.29, 1.82) is 0 Å². The number of nitrogens with zero attached hydrogens (tertiary/aromatic N) is 4. The van der Waals surface area contributed by atoms with Crippen LogP contribution in [0.2, 0.25) is 0 Å². The summed E-state index contributed by atoms with van der Waals surface area (Å²) in [6, 6.07) is 11.1. The molecule has 4 rings (SSSR count). The average molecular weight is 525 g/mol. The Morgan fingerprint density at radius 3 is 2.48 bits per heavy atom. The highest BCUT2D eigenvalue weighted by Gasteiger charge is 2.25. The van der Waals surface area contributed by atoms with Crippen LogP contribution in [0.1, 0.15) is 25.7 Å². The number of anilines is 1. The molecule has 7 nitrogen and oxygen atoms in total. The molecular weight excluding hydrogens is 501 g/mol. The van der Waals surface area contributed by atoms with Gasteiger partial charge in [-0.25, -0.2) is 17.4 Å². The van der Waals surface area contributed by atoms with Crippen LogP contribution in [0.4, 0.5) is 5.95 Å². The summed E-state index contributed by atoms with van der Waals surface area (Å²) in [4.78, 5) is 11.5. The van der Waals surface area contributed by atoms with Crippen molar-refractivity contribution >= 4 is 49.6 Å². The summed E-state index contributed by atoms with van der Waals surface area (Å²) in [5, 5.41) is 4.11. The van der Waals surface area contributed by atoms with E-state index in [1.54, 1.807) is 42.6 Å². The molecule has 0 bridgehead atoms. The van der Waals surface area contributed by atoms with Crippen molar-refractivity contribution in [3.63, 3.8) is 0 Å². The number of fused-ring (bicyclic) bond motifs is 1. The Morgan fingerprint density at radius 1 is 1.14 bits per heavy atom. The lowest BCUT2D eigenvalue weighted by atomic mass is 9.91. The summed E-state index contributed by atoms with van der Waals surface area (Å²) >= 11 is 2.03. The second kappa shape index (κ2) is 8.19. The van der Waals surface area contributed by atoms with Gasteiger partial charge in [-0.05, 0) is 80.6 Å². The zero-order valence-electron chi connectivity index (χ0n) is 16.4. The molecule has 2 heterocycles. The second-order valence-electron chi connectivity index (χ2n) is 7.64. The van der Waals surface area contributed by atoms with E-state index in [2.05, 4.69) is 34.3 Å². The summed E-state index contributed by atoms with van der Waals surface area (Å²) in [5.41, 5.74) is 0.401. The van der Waals surface area contributed by atoms with Crippen molar-refractivity contribution in [1.82, 2.24) is 18.8 Å². The van der Waals surface area contributed by atoms with E-state index in [4.69, 9.17) is 0 Å². The Hall–Kier alpha value is -1.72. The van der Waals surface area contributed by atoms with Gasteiger partial charge in [-0.2, -0.15) is 4.98 Å². The molecule has 0 aliphatic heterocycles. The van der Waals surface area contributed by atoms with Crippen molar-refractivity contribution in [2.24, 2.45) is 0 Å². The normalized spacial score (nSPS) is 20.3. The summed E-state index contributed by atoms with van der Waals surface area (Å²) in [6.45, 7) is 0. The van der Waals surface area contributed by atoms with Crippen molar-refractivity contribution in [2.75, 3.05) is 19.4 Å². The molecule has 1 fully saturated rings. The van der Waals surface area contributed by atoms with E-state index in [1.807, 2.05) is 22.6 Å².